The van der Waals surface area contributed by atoms with Gasteiger partial charge in [-0.05, 0) is 12.5 Å². The van der Waals surface area contributed by atoms with Crippen LogP contribution in [-0.2, 0) is 0 Å². The van der Waals surface area contributed by atoms with Crippen molar-refractivity contribution in [1.82, 2.24) is 4.98 Å². The third-order valence-electron chi connectivity index (χ3n) is 2.10. The van der Waals surface area contributed by atoms with E-state index in [4.69, 9.17) is 0 Å². The van der Waals surface area contributed by atoms with Gasteiger partial charge >= 0.3 is 0 Å². The fourth-order valence-corrected chi connectivity index (χ4v) is 1.03. The highest BCUT2D eigenvalue weighted by Gasteiger charge is 2.16. The Morgan fingerprint density at radius 1 is 1.69 bits per heavy atom. The summed E-state index contributed by atoms with van der Waals surface area (Å²) in [6, 6.07) is 1.42. The minimum absolute atomic E-state index is 0.128. The summed E-state index contributed by atoms with van der Waals surface area (Å²) >= 11 is 0. The highest BCUT2D eigenvalue weighted by molar-refractivity contribution is 5.97. The molecule has 0 N–H and O–H groups in total. The Morgan fingerprint density at radius 3 is 2.92 bits per heavy atom. The van der Waals surface area contributed by atoms with Gasteiger partial charge in [-0.15, -0.1) is 0 Å². The predicted molar refractivity (Wildman–Crippen MR) is 48.0 cm³/mol. The van der Waals surface area contributed by atoms with Gasteiger partial charge in [0.25, 0.3) is 0 Å². The Balaban J connectivity index is 2.95. The van der Waals surface area contributed by atoms with Crippen LogP contribution in [0.2, 0.25) is 0 Å². The molecule has 0 fully saturated rings. The van der Waals surface area contributed by atoms with E-state index in [0.29, 0.717) is 0 Å². The summed E-state index contributed by atoms with van der Waals surface area (Å²) in [4.78, 5) is 15.1. The van der Waals surface area contributed by atoms with Crippen molar-refractivity contribution in [2.24, 2.45) is 5.92 Å². The van der Waals surface area contributed by atoms with Crippen molar-refractivity contribution >= 4 is 5.78 Å². The molecule has 0 amide bonds. The number of Topliss-reactive ketones (excluding diaryl/α,β-unsaturated/α-hetero) is 1. The van der Waals surface area contributed by atoms with Crippen molar-refractivity contribution in [3.8, 4) is 0 Å². The molecule has 0 aliphatic heterocycles. The zero-order chi connectivity index (χ0) is 9.84. The van der Waals surface area contributed by atoms with Gasteiger partial charge in [0.15, 0.2) is 11.6 Å². The fraction of sp³-hybridized carbons (Fsp3) is 0.400. The highest BCUT2D eigenvalue weighted by Crippen LogP contribution is 2.13. The van der Waals surface area contributed by atoms with E-state index >= 15 is 0 Å². The van der Waals surface area contributed by atoms with E-state index in [1.165, 1.54) is 12.3 Å². The minimum atomic E-state index is -0.534. The number of rotatable bonds is 3. The number of pyridine rings is 1. The van der Waals surface area contributed by atoms with Crippen molar-refractivity contribution < 1.29 is 9.18 Å². The number of hydrogen-bond donors (Lipinski definition) is 0. The number of carbonyl (C=O) groups excluding carboxylic acids is 1. The minimum Gasteiger partial charge on any atom is -0.294 e. The molecule has 1 aromatic heterocycles. The number of aromatic nitrogens is 1. The van der Waals surface area contributed by atoms with E-state index in [0.717, 1.165) is 12.6 Å². The molecule has 0 aromatic carbocycles. The fourth-order valence-electron chi connectivity index (χ4n) is 1.03. The molecule has 0 bridgehead atoms. The van der Waals surface area contributed by atoms with Gasteiger partial charge in [-0.2, -0.15) is 0 Å². The summed E-state index contributed by atoms with van der Waals surface area (Å²) in [5.41, 5.74) is 0.143. The average molecular weight is 181 g/mol. The Labute approximate surface area is 76.8 Å². The maximum absolute atomic E-state index is 13.1. The van der Waals surface area contributed by atoms with Crippen LogP contribution in [-0.4, -0.2) is 10.8 Å². The topological polar surface area (TPSA) is 30.0 Å². The molecule has 13 heavy (non-hydrogen) atoms. The Kier molecular flexibility index (Phi) is 3.12. The molecule has 0 spiro atoms. The molecule has 1 rings (SSSR count). The van der Waals surface area contributed by atoms with E-state index < -0.39 is 5.82 Å². The first-order valence-electron chi connectivity index (χ1n) is 4.30. The van der Waals surface area contributed by atoms with Crippen LogP contribution in [0.1, 0.15) is 30.6 Å². The first kappa shape index (κ1) is 9.84. The largest absolute Gasteiger partial charge is 0.294 e. The molecular formula is C10H12FNO. The zero-order valence-electron chi connectivity index (χ0n) is 7.75. The second-order valence-electron chi connectivity index (χ2n) is 3.03. The second kappa shape index (κ2) is 4.12. The lowest BCUT2D eigenvalue weighted by Crippen LogP contribution is -2.12. The molecule has 0 radical (unpaired) electrons. The summed E-state index contributed by atoms with van der Waals surface area (Å²) in [5, 5.41) is 0. The van der Waals surface area contributed by atoms with Gasteiger partial charge in [-0.3, -0.25) is 9.78 Å². The number of hydrogen-bond acceptors (Lipinski definition) is 2. The van der Waals surface area contributed by atoms with Crippen molar-refractivity contribution in [2.45, 2.75) is 20.3 Å². The molecule has 0 aliphatic rings. The van der Waals surface area contributed by atoms with Gasteiger partial charge in [0, 0.05) is 12.1 Å². The van der Waals surface area contributed by atoms with E-state index in [-0.39, 0.29) is 17.3 Å². The van der Waals surface area contributed by atoms with E-state index in [1.54, 1.807) is 6.92 Å². The van der Waals surface area contributed by atoms with Gasteiger partial charge in [0.05, 0.1) is 11.8 Å². The lowest BCUT2D eigenvalue weighted by molar-refractivity contribution is 0.0923. The Hall–Kier alpha value is -1.25. The Morgan fingerprint density at radius 2 is 2.38 bits per heavy atom. The van der Waals surface area contributed by atoms with E-state index in [1.807, 2.05) is 6.92 Å². The van der Waals surface area contributed by atoms with Crippen LogP contribution in [0, 0.1) is 11.7 Å². The molecule has 2 nitrogen and oxygen atoms in total. The monoisotopic (exact) mass is 181 g/mol. The van der Waals surface area contributed by atoms with Crippen LogP contribution < -0.4 is 0 Å². The molecule has 1 heterocycles. The molecule has 1 unspecified atom stereocenters. The van der Waals surface area contributed by atoms with Crippen molar-refractivity contribution in [3.63, 3.8) is 0 Å². The third-order valence-corrected chi connectivity index (χ3v) is 2.10. The lowest BCUT2D eigenvalue weighted by Gasteiger charge is -2.07. The first-order chi connectivity index (χ1) is 6.16. The van der Waals surface area contributed by atoms with Gasteiger partial charge in [0.2, 0.25) is 0 Å². The van der Waals surface area contributed by atoms with Crippen LogP contribution in [0.3, 0.4) is 0 Å². The summed E-state index contributed by atoms with van der Waals surface area (Å²) in [7, 11) is 0. The van der Waals surface area contributed by atoms with Crippen molar-refractivity contribution in [2.75, 3.05) is 0 Å². The number of ketones is 1. The maximum Gasteiger partial charge on any atom is 0.168 e. The van der Waals surface area contributed by atoms with Crippen LogP contribution in [0.15, 0.2) is 18.5 Å². The number of halogens is 1. The third kappa shape index (κ3) is 2.11. The summed E-state index contributed by atoms with van der Waals surface area (Å²) in [5.74, 6) is -0.813. The van der Waals surface area contributed by atoms with E-state index in [9.17, 15) is 9.18 Å². The molecule has 1 atom stereocenters. The zero-order valence-corrected chi connectivity index (χ0v) is 7.75. The molecule has 70 valence electrons. The summed E-state index contributed by atoms with van der Waals surface area (Å²) < 4.78 is 13.1. The van der Waals surface area contributed by atoms with Crippen LogP contribution >= 0.6 is 0 Å². The molecule has 0 saturated heterocycles. The lowest BCUT2D eigenvalue weighted by atomic mass is 9.98. The van der Waals surface area contributed by atoms with Crippen LogP contribution in [0.4, 0.5) is 4.39 Å². The molecule has 0 saturated carbocycles. The van der Waals surface area contributed by atoms with Crippen molar-refractivity contribution in [3.05, 3.63) is 29.8 Å². The molecule has 0 aliphatic carbocycles. The first-order valence-corrected chi connectivity index (χ1v) is 4.30. The van der Waals surface area contributed by atoms with Gasteiger partial charge in [-0.1, -0.05) is 13.8 Å². The highest BCUT2D eigenvalue weighted by atomic mass is 19.1. The standard InChI is InChI=1S/C10H12FNO/c1-3-7(2)10(13)8-4-5-12-6-9(8)11/h4-7H,3H2,1-2H3. The molecule has 1 aromatic rings. The van der Waals surface area contributed by atoms with Gasteiger partial charge in [-0.25, -0.2) is 4.39 Å². The Bertz CT molecular complexity index is 312. The van der Waals surface area contributed by atoms with Gasteiger partial charge in [0.1, 0.15) is 0 Å². The smallest absolute Gasteiger partial charge is 0.168 e. The second-order valence-corrected chi connectivity index (χ2v) is 3.03. The molecular weight excluding hydrogens is 169 g/mol. The molecule has 3 heteroatoms. The van der Waals surface area contributed by atoms with Crippen LogP contribution in [0.25, 0.3) is 0 Å². The van der Waals surface area contributed by atoms with E-state index in [2.05, 4.69) is 4.98 Å². The average Bonchev–Trinajstić information content (AvgIpc) is 2.16. The summed E-state index contributed by atoms with van der Waals surface area (Å²) in [6.45, 7) is 3.70. The quantitative estimate of drug-likeness (QED) is 0.670. The number of nitrogens with zero attached hydrogens (tertiary/aromatic N) is 1. The summed E-state index contributed by atoms with van der Waals surface area (Å²) in [6.07, 6.45) is 3.22. The normalized spacial score (nSPS) is 12.5. The van der Waals surface area contributed by atoms with Gasteiger partial charge < -0.3 is 0 Å². The maximum atomic E-state index is 13.1. The SMILES string of the molecule is CCC(C)C(=O)c1ccncc1F. The van der Waals surface area contributed by atoms with Crippen LogP contribution in [0.5, 0.6) is 0 Å². The van der Waals surface area contributed by atoms with Crippen molar-refractivity contribution in [1.29, 1.82) is 0 Å². The predicted octanol–water partition coefficient (Wildman–Crippen LogP) is 2.45. The number of carbonyl (C=O) groups is 1.